The highest BCUT2D eigenvalue weighted by atomic mass is 16.2. The van der Waals surface area contributed by atoms with E-state index in [2.05, 4.69) is 27.8 Å². The van der Waals surface area contributed by atoms with Crippen molar-refractivity contribution in [1.29, 1.82) is 0 Å². The molecule has 4 bridgehead atoms. The zero-order valence-corrected chi connectivity index (χ0v) is 17.2. The first-order valence-electron chi connectivity index (χ1n) is 10.8. The van der Waals surface area contributed by atoms with Crippen LogP contribution in [0.25, 0.3) is 0 Å². The summed E-state index contributed by atoms with van der Waals surface area (Å²) in [5.74, 6) is 1.48. The molecular weight excluding hydrogens is 380 g/mol. The lowest BCUT2D eigenvalue weighted by atomic mass is 9.53. The minimum atomic E-state index is -0.432. The summed E-state index contributed by atoms with van der Waals surface area (Å²) in [6, 6.07) is 6.53. The van der Waals surface area contributed by atoms with Crippen LogP contribution in [-0.4, -0.2) is 36.5 Å². The Kier molecular flexibility index (Phi) is 5.79. The molecule has 0 heterocycles. The molecule has 160 valence electrons. The molecular formula is C23H30N4O3. The molecule has 0 spiro atoms. The molecule has 4 N–H and O–H groups in total. The third-order valence-electron chi connectivity index (χ3n) is 6.69. The lowest BCUT2D eigenvalue weighted by Crippen LogP contribution is -2.62. The normalized spacial score (nSPS) is 28.5. The smallest absolute Gasteiger partial charge is 0.321 e. The highest BCUT2D eigenvalue weighted by molar-refractivity contribution is 6.01. The summed E-state index contributed by atoms with van der Waals surface area (Å²) in [6.45, 7) is 3.84. The van der Waals surface area contributed by atoms with Gasteiger partial charge in [0, 0.05) is 17.8 Å². The van der Waals surface area contributed by atoms with E-state index in [1.807, 2.05) is 0 Å². The lowest BCUT2D eigenvalue weighted by molar-refractivity contribution is -0.118. The number of rotatable bonds is 7. The maximum atomic E-state index is 12.5. The molecule has 7 heteroatoms. The molecule has 30 heavy (non-hydrogen) atoms. The van der Waals surface area contributed by atoms with Crippen LogP contribution in [-0.2, 0) is 4.79 Å². The molecule has 0 radical (unpaired) electrons. The molecule has 7 nitrogen and oxygen atoms in total. The molecule has 1 aromatic carbocycles. The Morgan fingerprint density at radius 3 is 2.30 bits per heavy atom. The van der Waals surface area contributed by atoms with Crippen molar-refractivity contribution >= 4 is 23.5 Å². The monoisotopic (exact) mass is 410 g/mol. The third kappa shape index (κ3) is 4.50. The minimum absolute atomic E-state index is 0.0972. The molecule has 5 rings (SSSR count). The van der Waals surface area contributed by atoms with Crippen LogP contribution in [0.3, 0.4) is 0 Å². The summed E-state index contributed by atoms with van der Waals surface area (Å²) in [4.78, 5) is 37.1. The van der Waals surface area contributed by atoms with E-state index in [4.69, 9.17) is 0 Å². The third-order valence-corrected chi connectivity index (χ3v) is 6.69. The summed E-state index contributed by atoms with van der Waals surface area (Å²) in [6.07, 6.45) is 8.59. The number of nitrogens with one attached hydrogen (secondary N) is 4. The number of hydrogen-bond acceptors (Lipinski definition) is 4. The average Bonchev–Trinajstić information content (AvgIpc) is 2.69. The molecule has 0 saturated heterocycles. The highest BCUT2D eigenvalue weighted by Crippen LogP contribution is 2.55. The van der Waals surface area contributed by atoms with Crippen LogP contribution in [0, 0.1) is 17.8 Å². The Hall–Kier alpha value is -2.83. The fraction of sp³-hybridized carbons (Fsp3) is 0.522. The Balaban J connectivity index is 1.29. The van der Waals surface area contributed by atoms with E-state index in [-0.39, 0.29) is 18.0 Å². The molecule has 4 saturated carbocycles. The zero-order valence-electron chi connectivity index (χ0n) is 17.2. The maximum Gasteiger partial charge on any atom is 0.321 e. The van der Waals surface area contributed by atoms with Crippen molar-refractivity contribution < 1.29 is 14.4 Å². The van der Waals surface area contributed by atoms with Crippen molar-refractivity contribution in [2.75, 3.05) is 18.4 Å². The predicted octanol–water partition coefficient (Wildman–Crippen LogP) is 2.81. The maximum absolute atomic E-state index is 12.5. The van der Waals surface area contributed by atoms with Gasteiger partial charge in [-0.15, -0.1) is 6.58 Å². The van der Waals surface area contributed by atoms with Gasteiger partial charge in [0.1, 0.15) is 0 Å². The number of carbonyl (C=O) groups is 3. The molecule has 0 aromatic heterocycles. The van der Waals surface area contributed by atoms with Crippen LogP contribution in [0.4, 0.5) is 10.5 Å². The number of hydrogen-bond donors (Lipinski definition) is 4. The first-order chi connectivity index (χ1) is 14.5. The van der Waals surface area contributed by atoms with E-state index in [1.54, 1.807) is 30.3 Å². The Labute approximate surface area is 177 Å². The number of imide groups is 1. The largest absolute Gasteiger partial charge is 0.375 e. The fourth-order valence-corrected chi connectivity index (χ4v) is 5.98. The van der Waals surface area contributed by atoms with Crippen LogP contribution in [0.5, 0.6) is 0 Å². The first-order valence-corrected chi connectivity index (χ1v) is 10.8. The Bertz CT molecular complexity index is 815. The number of para-hydroxylation sites is 1. The number of carbonyl (C=O) groups excluding carboxylic acids is 3. The van der Waals surface area contributed by atoms with Crippen molar-refractivity contribution in [3.8, 4) is 0 Å². The van der Waals surface area contributed by atoms with Gasteiger partial charge in [-0.3, -0.25) is 14.9 Å². The number of amides is 4. The summed E-state index contributed by atoms with van der Waals surface area (Å²) >= 11 is 0. The fourth-order valence-electron chi connectivity index (χ4n) is 5.98. The molecule has 4 fully saturated rings. The van der Waals surface area contributed by atoms with E-state index in [9.17, 15) is 14.4 Å². The van der Waals surface area contributed by atoms with E-state index in [1.165, 1.54) is 19.3 Å². The number of anilines is 1. The predicted molar refractivity (Wildman–Crippen MR) is 115 cm³/mol. The van der Waals surface area contributed by atoms with Gasteiger partial charge in [-0.05, 0) is 68.4 Å². The minimum Gasteiger partial charge on any atom is -0.375 e. The second kappa shape index (κ2) is 8.50. The summed E-state index contributed by atoms with van der Waals surface area (Å²) < 4.78 is 0. The van der Waals surface area contributed by atoms with Crippen LogP contribution < -0.4 is 21.3 Å². The van der Waals surface area contributed by atoms with Crippen molar-refractivity contribution in [2.24, 2.45) is 17.8 Å². The zero-order chi connectivity index (χ0) is 21.1. The molecule has 4 aliphatic carbocycles. The quantitative estimate of drug-likeness (QED) is 0.520. The van der Waals surface area contributed by atoms with Gasteiger partial charge in [-0.1, -0.05) is 18.2 Å². The van der Waals surface area contributed by atoms with Gasteiger partial charge < -0.3 is 16.0 Å². The van der Waals surface area contributed by atoms with E-state index in [0.717, 1.165) is 37.0 Å². The second-order valence-corrected chi connectivity index (χ2v) is 9.10. The Morgan fingerprint density at radius 1 is 1.03 bits per heavy atom. The summed E-state index contributed by atoms with van der Waals surface area (Å²) in [5, 5.41) is 11.3. The van der Waals surface area contributed by atoms with E-state index in [0.29, 0.717) is 17.8 Å². The molecule has 0 unspecified atom stereocenters. The SMILES string of the molecule is C=CCNC(=O)c1ccccc1NCC(=O)NC(=O)NC12CC3CC(CC(C3)C1)C2. The molecule has 0 atom stereocenters. The van der Waals surface area contributed by atoms with Gasteiger partial charge in [0.2, 0.25) is 5.91 Å². The van der Waals surface area contributed by atoms with Crippen LogP contribution >= 0.6 is 0 Å². The van der Waals surface area contributed by atoms with Crippen molar-refractivity contribution in [1.82, 2.24) is 16.0 Å². The number of benzene rings is 1. The highest BCUT2D eigenvalue weighted by Gasteiger charge is 2.51. The second-order valence-electron chi connectivity index (χ2n) is 9.10. The van der Waals surface area contributed by atoms with Crippen LogP contribution in [0.15, 0.2) is 36.9 Å². The van der Waals surface area contributed by atoms with Gasteiger partial charge in [-0.2, -0.15) is 0 Å². The van der Waals surface area contributed by atoms with Gasteiger partial charge in [0.15, 0.2) is 0 Å². The average molecular weight is 411 g/mol. The molecule has 4 amide bonds. The molecule has 4 aliphatic rings. The molecule has 0 aliphatic heterocycles. The van der Waals surface area contributed by atoms with Gasteiger partial charge >= 0.3 is 6.03 Å². The van der Waals surface area contributed by atoms with Crippen LogP contribution in [0.1, 0.15) is 48.9 Å². The molecule has 1 aromatic rings. The van der Waals surface area contributed by atoms with Crippen molar-refractivity contribution in [2.45, 2.75) is 44.1 Å². The standard InChI is InChI=1S/C23H30N4O3/c1-2-7-24-21(29)18-5-3-4-6-19(18)25-14-20(28)26-22(30)27-23-11-15-8-16(12-23)10-17(9-15)13-23/h2-6,15-17,25H,1,7-14H2,(H,24,29)(H2,26,27,28,30). The van der Waals surface area contributed by atoms with Gasteiger partial charge in [0.25, 0.3) is 5.91 Å². The van der Waals surface area contributed by atoms with Gasteiger partial charge in [0.05, 0.1) is 12.1 Å². The topological polar surface area (TPSA) is 99.3 Å². The van der Waals surface area contributed by atoms with E-state index >= 15 is 0 Å². The first kappa shape index (κ1) is 20.4. The van der Waals surface area contributed by atoms with Crippen molar-refractivity contribution in [3.63, 3.8) is 0 Å². The summed E-state index contributed by atoms with van der Waals surface area (Å²) in [5.41, 5.74) is 0.837. The van der Waals surface area contributed by atoms with Crippen LogP contribution in [0.2, 0.25) is 0 Å². The van der Waals surface area contributed by atoms with Crippen molar-refractivity contribution in [3.05, 3.63) is 42.5 Å². The number of urea groups is 1. The van der Waals surface area contributed by atoms with E-state index < -0.39 is 11.9 Å². The van der Waals surface area contributed by atoms with Gasteiger partial charge in [-0.25, -0.2) is 4.79 Å². The Morgan fingerprint density at radius 2 is 1.67 bits per heavy atom. The lowest BCUT2D eigenvalue weighted by Gasteiger charge is -2.56. The summed E-state index contributed by atoms with van der Waals surface area (Å²) in [7, 11) is 0.